The first-order valence-electron chi connectivity index (χ1n) is 6.67. The molecule has 0 saturated carbocycles. The van der Waals surface area contributed by atoms with Gasteiger partial charge in [0.25, 0.3) is 5.56 Å². The summed E-state index contributed by atoms with van der Waals surface area (Å²) in [7, 11) is 4.04. The Morgan fingerprint density at radius 2 is 2.20 bits per heavy atom. The summed E-state index contributed by atoms with van der Waals surface area (Å²) in [6.07, 6.45) is 6.33. The van der Waals surface area contributed by atoms with Crippen molar-refractivity contribution in [1.29, 1.82) is 0 Å². The topological polar surface area (TPSA) is 69.1 Å². The third-order valence-electron chi connectivity index (χ3n) is 3.28. The standard InChI is InChI=1S/C14H21N5O/c1-17(11-13-16-6-9-18(13)2)7-3-8-19-10-12(15)4-5-14(19)20/h4-6,9-10H,3,7-8,11,15H2,1-2H3. The first-order chi connectivity index (χ1) is 9.56. The summed E-state index contributed by atoms with van der Waals surface area (Å²) in [5.41, 5.74) is 6.29. The third-order valence-corrected chi connectivity index (χ3v) is 3.28. The van der Waals surface area contributed by atoms with Gasteiger partial charge in [-0.25, -0.2) is 4.98 Å². The summed E-state index contributed by atoms with van der Waals surface area (Å²) >= 11 is 0. The quantitative estimate of drug-likeness (QED) is 0.842. The fraction of sp³-hybridized carbons (Fsp3) is 0.429. The maximum Gasteiger partial charge on any atom is 0.250 e. The van der Waals surface area contributed by atoms with Gasteiger partial charge < -0.3 is 14.9 Å². The minimum Gasteiger partial charge on any atom is -0.398 e. The first-order valence-corrected chi connectivity index (χ1v) is 6.67. The Morgan fingerprint density at radius 3 is 2.90 bits per heavy atom. The van der Waals surface area contributed by atoms with E-state index >= 15 is 0 Å². The number of anilines is 1. The maximum atomic E-state index is 11.6. The molecule has 0 atom stereocenters. The molecule has 0 radical (unpaired) electrons. The Bertz CT molecular complexity index is 616. The van der Waals surface area contributed by atoms with Gasteiger partial charge in [0.2, 0.25) is 0 Å². The van der Waals surface area contributed by atoms with Crippen LogP contribution in [0.4, 0.5) is 5.69 Å². The third kappa shape index (κ3) is 3.71. The lowest BCUT2D eigenvalue weighted by molar-refractivity contribution is 0.303. The summed E-state index contributed by atoms with van der Waals surface area (Å²) in [6.45, 7) is 2.37. The fourth-order valence-electron chi connectivity index (χ4n) is 2.10. The second-order valence-corrected chi connectivity index (χ2v) is 5.04. The average Bonchev–Trinajstić information content (AvgIpc) is 2.79. The molecule has 0 bridgehead atoms. The van der Waals surface area contributed by atoms with E-state index in [1.54, 1.807) is 23.0 Å². The van der Waals surface area contributed by atoms with Crippen LogP contribution in [-0.2, 0) is 20.1 Å². The molecule has 108 valence electrons. The van der Waals surface area contributed by atoms with Gasteiger partial charge in [0.05, 0.1) is 6.54 Å². The number of hydrogen-bond acceptors (Lipinski definition) is 4. The van der Waals surface area contributed by atoms with Crippen LogP contribution in [0, 0.1) is 0 Å². The monoisotopic (exact) mass is 275 g/mol. The van der Waals surface area contributed by atoms with Gasteiger partial charge in [0, 0.05) is 50.5 Å². The van der Waals surface area contributed by atoms with E-state index in [1.807, 2.05) is 17.8 Å². The normalized spacial score (nSPS) is 11.2. The van der Waals surface area contributed by atoms with Crippen LogP contribution in [0.25, 0.3) is 0 Å². The van der Waals surface area contributed by atoms with Crippen LogP contribution in [0.15, 0.2) is 35.5 Å². The van der Waals surface area contributed by atoms with Crippen molar-refractivity contribution in [1.82, 2.24) is 19.0 Å². The zero-order valence-electron chi connectivity index (χ0n) is 12.0. The van der Waals surface area contributed by atoms with E-state index < -0.39 is 0 Å². The highest BCUT2D eigenvalue weighted by Crippen LogP contribution is 2.01. The van der Waals surface area contributed by atoms with Gasteiger partial charge in [0.1, 0.15) is 5.82 Å². The molecule has 0 aliphatic heterocycles. The predicted octanol–water partition coefficient (Wildman–Crippen LogP) is 0.686. The van der Waals surface area contributed by atoms with Gasteiger partial charge in [-0.05, 0) is 19.5 Å². The highest BCUT2D eigenvalue weighted by molar-refractivity contribution is 5.33. The number of nitrogens with two attached hydrogens (primary N) is 1. The van der Waals surface area contributed by atoms with Crippen LogP contribution in [-0.4, -0.2) is 32.6 Å². The lowest BCUT2D eigenvalue weighted by Crippen LogP contribution is -2.24. The highest BCUT2D eigenvalue weighted by atomic mass is 16.1. The van der Waals surface area contributed by atoms with Crippen LogP contribution in [0.1, 0.15) is 12.2 Å². The molecule has 20 heavy (non-hydrogen) atoms. The van der Waals surface area contributed by atoms with Crippen molar-refractivity contribution in [2.24, 2.45) is 7.05 Å². The molecule has 0 unspecified atom stereocenters. The van der Waals surface area contributed by atoms with Crippen molar-refractivity contribution < 1.29 is 0 Å². The van der Waals surface area contributed by atoms with Crippen molar-refractivity contribution >= 4 is 5.69 Å². The van der Waals surface area contributed by atoms with Crippen LogP contribution in [0.3, 0.4) is 0 Å². The minimum absolute atomic E-state index is 0.00838. The zero-order valence-corrected chi connectivity index (χ0v) is 12.0. The molecule has 2 heterocycles. The number of imidazole rings is 1. The van der Waals surface area contributed by atoms with Crippen molar-refractivity contribution in [3.63, 3.8) is 0 Å². The lowest BCUT2D eigenvalue weighted by Gasteiger charge is -2.16. The predicted molar refractivity (Wildman–Crippen MR) is 79.3 cm³/mol. The van der Waals surface area contributed by atoms with Crippen LogP contribution in [0.2, 0.25) is 0 Å². The minimum atomic E-state index is -0.00838. The molecule has 2 rings (SSSR count). The van der Waals surface area contributed by atoms with Crippen LogP contribution < -0.4 is 11.3 Å². The molecule has 0 amide bonds. The van der Waals surface area contributed by atoms with Gasteiger partial charge >= 0.3 is 0 Å². The van der Waals surface area contributed by atoms with Crippen molar-refractivity contribution in [3.05, 3.63) is 46.9 Å². The molecule has 2 aromatic heterocycles. The second kappa shape index (κ2) is 6.38. The molecule has 6 nitrogen and oxygen atoms in total. The van der Waals surface area contributed by atoms with Crippen LogP contribution in [0.5, 0.6) is 0 Å². The van der Waals surface area contributed by atoms with E-state index in [2.05, 4.69) is 16.9 Å². The van der Waals surface area contributed by atoms with Crippen molar-refractivity contribution in [2.45, 2.75) is 19.5 Å². The van der Waals surface area contributed by atoms with Crippen LogP contribution >= 0.6 is 0 Å². The lowest BCUT2D eigenvalue weighted by atomic mass is 10.3. The molecule has 2 N–H and O–H groups in total. The van der Waals surface area contributed by atoms with Gasteiger partial charge in [0.15, 0.2) is 0 Å². The van der Waals surface area contributed by atoms with E-state index in [-0.39, 0.29) is 5.56 Å². The Balaban J connectivity index is 1.82. The van der Waals surface area contributed by atoms with E-state index in [4.69, 9.17) is 5.73 Å². The smallest absolute Gasteiger partial charge is 0.250 e. The van der Waals surface area contributed by atoms with Crippen molar-refractivity contribution in [3.8, 4) is 0 Å². The highest BCUT2D eigenvalue weighted by Gasteiger charge is 2.04. The molecular formula is C14H21N5O. The summed E-state index contributed by atoms with van der Waals surface area (Å²) in [6, 6.07) is 3.14. The number of hydrogen-bond donors (Lipinski definition) is 1. The summed E-state index contributed by atoms with van der Waals surface area (Å²) in [5.74, 6) is 1.04. The molecule has 0 spiro atoms. The molecule has 0 aromatic carbocycles. The molecule has 2 aromatic rings. The maximum absolute atomic E-state index is 11.6. The van der Waals surface area contributed by atoms with E-state index in [0.717, 1.165) is 25.3 Å². The fourth-order valence-corrected chi connectivity index (χ4v) is 2.10. The summed E-state index contributed by atoms with van der Waals surface area (Å²) in [4.78, 5) is 18.1. The Morgan fingerprint density at radius 1 is 1.40 bits per heavy atom. The number of aromatic nitrogens is 3. The number of aryl methyl sites for hydroxylation is 2. The van der Waals surface area contributed by atoms with Gasteiger partial charge in [-0.1, -0.05) is 0 Å². The average molecular weight is 275 g/mol. The second-order valence-electron chi connectivity index (χ2n) is 5.04. The van der Waals surface area contributed by atoms with Gasteiger partial charge in [-0.2, -0.15) is 0 Å². The van der Waals surface area contributed by atoms with Gasteiger partial charge in [-0.3, -0.25) is 9.69 Å². The molecular weight excluding hydrogens is 254 g/mol. The zero-order chi connectivity index (χ0) is 14.5. The number of pyridine rings is 1. The van der Waals surface area contributed by atoms with Crippen molar-refractivity contribution in [2.75, 3.05) is 19.3 Å². The summed E-state index contributed by atoms with van der Waals surface area (Å²) in [5, 5.41) is 0. The van der Waals surface area contributed by atoms with E-state index in [0.29, 0.717) is 12.2 Å². The molecule has 0 saturated heterocycles. The molecule has 0 aliphatic rings. The van der Waals surface area contributed by atoms with Gasteiger partial charge in [-0.15, -0.1) is 0 Å². The largest absolute Gasteiger partial charge is 0.398 e. The van der Waals surface area contributed by atoms with E-state index in [1.165, 1.54) is 6.07 Å². The Hall–Kier alpha value is -2.08. The molecule has 6 heteroatoms. The Kier molecular flexibility index (Phi) is 4.57. The first kappa shape index (κ1) is 14.3. The van der Waals surface area contributed by atoms with E-state index in [9.17, 15) is 4.79 Å². The number of nitrogens with zero attached hydrogens (tertiary/aromatic N) is 4. The molecule has 0 aliphatic carbocycles. The molecule has 0 fully saturated rings. The number of rotatable bonds is 6. The SMILES string of the molecule is CN(CCCn1cc(N)ccc1=O)Cc1nccn1C. The number of nitrogen functional groups attached to an aromatic ring is 1. The Labute approximate surface area is 118 Å². The summed E-state index contributed by atoms with van der Waals surface area (Å²) < 4.78 is 3.67.